The number of carboxylic acids is 1. The molecule has 7 heteroatoms. The van der Waals surface area contributed by atoms with E-state index in [1.165, 1.54) is 18.4 Å². The van der Waals surface area contributed by atoms with Crippen molar-refractivity contribution in [2.45, 2.75) is 38.7 Å². The van der Waals surface area contributed by atoms with E-state index in [4.69, 9.17) is 9.84 Å². The Morgan fingerprint density at radius 1 is 1.53 bits per heavy atom. The van der Waals surface area contributed by atoms with Gasteiger partial charge in [0, 0.05) is 18.9 Å². The lowest BCUT2D eigenvalue weighted by Gasteiger charge is -2.20. The van der Waals surface area contributed by atoms with Crippen molar-refractivity contribution >= 4 is 28.3 Å². The van der Waals surface area contributed by atoms with Crippen LogP contribution in [-0.4, -0.2) is 34.7 Å². The van der Waals surface area contributed by atoms with E-state index in [1.54, 1.807) is 13.8 Å². The van der Waals surface area contributed by atoms with Crippen LogP contribution in [0.5, 0.6) is 0 Å². The zero-order chi connectivity index (χ0) is 14.5. The van der Waals surface area contributed by atoms with E-state index >= 15 is 0 Å². The fourth-order valence-corrected chi connectivity index (χ4v) is 1.98. The number of methoxy groups -OCH3 is 1. The SMILES string of the molecule is COC(C)(C)C(=O)Nc1nc(CCCC(=O)O)cs1. The van der Waals surface area contributed by atoms with Gasteiger partial charge in [0.15, 0.2) is 5.13 Å². The molecular formula is C12H18N2O4S. The molecule has 0 radical (unpaired) electrons. The third-order valence-corrected chi connectivity index (χ3v) is 3.46. The molecule has 1 rings (SSSR count). The number of nitrogens with zero attached hydrogens (tertiary/aromatic N) is 1. The van der Waals surface area contributed by atoms with Crippen molar-refractivity contribution in [2.75, 3.05) is 12.4 Å². The highest BCUT2D eigenvalue weighted by atomic mass is 32.1. The second-order valence-corrected chi connectivity index (χ2v) is 5.42. The maximum atomic E-state index is 11.8. The maximum absolute atomic E-state index is 11.8. The Balaban J connectivity index is 2.51. The Kier molecular flexibility index (Phi) is 5.44. The highest BCUT2D eigenvalue weighted by Gasteiger charge is 2.27. The Hall–Kier alpha value is -1.47. The monoisotopic (exact) mass is 286 g/mol. The first kappa shape index (κ1) is 15.6. The molecule has 0 fully saturated rings. The molecule has 0 atom stereocenters. The Bertz CT molecular complexity index is 456. The van der Waals surface area contributed by atoms with Crippen LogP contribution in [0.25, 0.3) is 0 Å². The highest BCUT2D eigenvalue weighted by molar-refractivity contribution is 7.13. The van der Waals surface area contributed by atoms with Crippen molar-refractivity contribution in [1.29, 1.82) is 0 Å². The minimum absolute atomic E-state index is 0.121. The summed E-state index contributed by atoms with van der Waals surface area (Å²) >= 11 is 1.32. The number of aryl methyl sites for hydroxylation is 1. The lowest BCUT2D eigenvalue weighted by atomic mass is 10.1. The van der Waals surface area contributed by atoms with Gasteiger partial charge < -0.3 is 9.84 Å². The number of carbonyl (C=O) groups excluding carboxylic acids is 1. The van der Waals surface area contributed by atoms with Crippen LogP contribution in [0.3, 0.4) is 0 Å². The molecular weight excluding hydrogens is 268 g/mol. The number of carboxylic acid groups (broad SMARTS) is 1. The quantitative estimate of drug-likeness (QED) is 0.799. The van der Waals surface area contributed by atoms with Crippen LogP contribution in [0.1, 0.15) is 32.4 Å². The number of hydrogen-bond acceptors (Lipinski definition) is 5. The summed E-state index contributed by atoms with van der Waals surface area (Å²) in [7, 11) is 1.47. The molecule has 1 heterocycles. The van der Waals surface area contributed by atoms with Crippen LogP contribution < -0.4 is 5.32 Å². The summed E-state index contributed by atoms with van der Waals surface area (Å²) in [6.07, 6.45) is 1.25. The molecule has 1 aromatic rings. The molecule has 0 unspecified atom stereocenters. The molecule has 106 valence electrons. The first-order chi connectivity index (χ1) is 8.85. The first-order valence-corrected chi connectivity index (χ1v) is 6.76. The van der Waals surface area contributed by atoms with Crippen molar-refractivity contribution in [2.24, 2.45) is 0 Å². The summed E-state index contributed by atoms with van der Waals surface area (Å²) < 4.78 is 5.07. The zero-order valence-electron chi connectivity index (χ0n) is 11.2. The number of anilines is 1. The van der Waals surface area contributed by atoms with Crippen LogP contribution in [0.15, 0.2) is 5.38 Å². The largest absolute Gasteiger partial charge is 0.481 e. The number of hydrogen-bond donors (Lipinski definition) is 2. The molecule has 2 N–H and O–H groups in total. The van der Waals surface area contributed by atoms with Gasteiger partial charge in [-0.05, 0) is 26.7 Å². The van der Waals surface area contributed by atoms with Crippen LogP contribution in [0, 0.1) is 0 Å². The van der Waals surface area contributed by atoms with Gasteiger partial charge in [-0.3, -0.25) is 14.9 Å². The fourth-order valence-electron chi connectivity index (χ4n) is 1.24. The molecule has 6 nitrogen and oxygen atoms in total. The van der Waals surface area contributed by atoms with E-state index in [2.05, 4.69) is 10.3 Å². The zero-order valence-corrected chi connectivity index (χ0v) is 12.0. The number of aliphatic carboxylic acids is 1. The first-order valence-electron chi connectivity index (χ1n) is 5.88. The summed E-state index contributed by atoms with van der Waals surface area (Å²) in [5.41, 5.74) is -0.119. The molecule has 1 aromatic heterocycles. The molecule has 0 aliphatic heterocycles. The van der Waals surface area contributed by atoms with Crippen molar-refractivity contribution < 1.29 is 19.4 Å². The molecule has 19 heavy (non-hydrogen) atoms. The van der Waals surface area contributed by atoms with E-state index in [1.807, 2.05) is 5.38 Å². The molecule has 0 spiro atoms. The molecule has 0 saturated heterocycles. The molecule has 0 aromatic carbocycles. The third kappa shape index (κ3) is 4.96. The smallest absolute Gasteiger partial charge is 0.303 e. The van der Waals surface area contributed by atoms with Crippen LogP contribution >= 0.6 is 11.3 Å². The van der Waals surface area contributed by atoms with Crippen LogP contribution in [-0.2, 0) is 20.7 Å². The van der Waals surface area contributed by atoms with E-state index in [9.17, 15) is 9.59 Å². The average Bonchev–Trinajstić information content (AvgIpc) is 2.76. The van der Waals surface area contributed by atoms with Gasteiger partial charge in [0.1, 0.15) is 5.60 Å². The Morgan fingerprint density at radius 3 is 2.79 bits per heavy atom. The summed E-state index contributed by atoms with van der Waals surface area (Å²) in [4.78, 5) is 26.5. The minimum Gasteiger partial charge on any atom is -0.481 e. The Labute approximate surface area is 115 Å². The van der Waals surface area contributed by atoms with E-state index < -0.39 is 11.6 Å². The van der Waals surface area contributed by atoms with Gasteiger partial charge >= 0.3 is 5.97 Å². The number of rotatable bonds is 7. The summed E-state index contributed by atoms with van der Waals surface area (Å²) in [6.45, 7) is 3.34. The third-order valence-electron chi connectivity index (χ3n) is 2.65. The van der Waals surface area contributed by atoms with Gasteiger partial charge in [-0.1, -0.05) is 0 Å². The predicted molar refractivity (Wildman–Crippen MR) is 72.4 cm³/mol. The molecule has 0 saturated carbocycles. The van der Waals surface area contributed by atoms with Crippen LogP contribution in [0.2, 0.25) is 0 Å². The maximum Gasteiger partial charge on any atom is 0.303 e. The summed E-state index contributed by atoms with van der Waals surface area (Å²) in [6, 6.07) is 0. The lowest BCUT2D eigenvalue weighted by Crippen LogP contribution is -2.38. The number of nitrogens with one attached hydrogen (secondary N) is 1. The van der Waals surface area contributed by atoms with E-state index in [-0.39, 0.29) is 12.3 Å². The van der Waals surface area contributed by atoms with Gasteiger partial charge in [0.25, 0.3) is 5.91 Å². The van der Waals surface area contributed by atoms with Crippen molar-refractivity contribution in [3.8, 4) is 0 Å². The van der Waals surface area contributed by atoms with Gasteiger partial charge in [-0.15, -0.1) is 11.3 Å². The molecule has 1 amide bonds. The van der Waals surface area contributed by atoms with Gasteiger partial charge in [-0.25, -0.2) is 4.98 Å². The summed E-state index contributed by atoms with van der Waals surface area (Å²) in [5, 5.41) is 13.5. The molecule has 0 bridgehead atoms. The Morgan fingerprint density at radius 2 is 2.21 bits per heavy atom. The van der Waals surface area contributed by atoms with Gasteiger partial charge in [-0.2, -0.15) is 0 Å². The number of aromatic nitrogens is 1. The van der Waals surface area contributed by atoms with E-state index in [0.29, 0.717) is 18.0 Å². The second kappa shape index (κ2) is 6.63. The number of thiazole rings is 1. The minimum atomic E-state index is -0.908. The number of amides is 1. The summed E-state index contributed by atoms with van der Waals surface area (Å²) in [5.74, 6) is -1.08. The standard InChI is InChI=1S/C12H18N2O4S/c1-12(2,18-3)10(17)14-11-13-8(7-19-11)5-4-6-9(15)16/h7H,4-6H2,1-3H3,(H,15,16)(H,13,14,17). The fraction of sp³-hybridized carbons (Fsp3) is 0.583. The van der Waals surface area contributed by atoms with Crippen molar-refractivity contribution in [3.63, 3.8) is 0 Å². The number of carbonyl (C=O) groups is 2. The highest BCUT2D eigenvalue weighted by Crippen LogP contribution is 2.19. The second-order valence-electron chi connectivity index (χ2n) is 4.56. The van der Waals surface area contributed by atoms with Gasteiger partial charge in [0.05, 0.1) is 5.69 Å². The van der Waals surface area contributed by atoms with Crippen molar-refractivity contribution in [1.82, 2.24) is 4.98 Å². The average molecular weight is 286 g/mol. The van der Waals surface area contributed by atoms with Gasteiger partial charge in [0.2, 0.25) is 0 Å². The lowest BCUT2D eigenvalue weighted by molar-refractivity contribution is -0.137. The number of ether oxygens (including phenoxy) is 1. The van der Waals surface area contributed by atoms with Crippen LogP contribution in [0.4, 0.5) is 5.13 Å². The normalized spacial score (nSPS) is 11.3. The molecule has 0 aliphatic carbocycles. The van der Waals surface area contributed by atoms with E-state index in [0.717, 1.165) is 5.69 Å². The van der Waals surface area contributed by atoms with Crippen molar-refractivity contribution in [3.05, 3.63) is 11.1 Å². The molecule has 0 aliphatic rings. The predicted octanol–water partition coefficient (Wildman–Crippen LogP) is 1.91. The topological polar surface area (TPSA) is 88.5 Å².